The lowest BCUT2D eigenvalue weighted by Gasteiger charge is -2.21. The summed E-state index contributed by atoms with van der Waals surface area (Å²) in [6.07, 6.45) is 6.44. The van der Waals surface area contributed by atoms with Crippen LogP contribution in [0.4, 0.5) is 0 Å². The SMILES string of the molecule is CC(C)OC(C/C=C\CCBr)OC(C)C. The summed E-state index contributed by atoms with van der Waals surface area (Å²) in [5.41, 5.74) is 0. The Hall–Kier alpha value is 0.140. The normalized spacial score (nSPS) is 12.5. The molecule has 0 fully saturated rings. The molecule has 0 aromatic carbocycles. The average molecular weight is 279 g/mol. The summed E-state index contributed by atoms with van der Waals surface area (Å²) in [6.45, 7) is 8.11. The molecule has 15 heavy (non-hydrogen) atoms. The van der Waals surface area contributed by atoms with Gasteiger partial charge in [0, 0.05) is 11.8 Å². The van der Waals surface area contributed by atoms with Crippen LogP contribution < -0.4 is 0 Å². The van der Waals surface area contributed by atoms with Crippen LogP contribution >= 0.6 is 15.9 Å². The monoisotopic (exact) mass is 278 g/mol. The fourth-order valence-electron chi connectivity index (χ4n) is 1.14. The predicted molar refractivity (Wildman–Crippen MR) is 68.4 cm³/mol. The Labute approximate surface area is 102 Å². The summed E-state index contributed by atoms with van der Waals surface area (Å²) in [6, 6.07) is 0. The molecule has 0 amide bonds. The van der Waals surface area contributed by atoms with E-state index in [1.807, 2.05) is 27.7 Å². The first-order chi connectivity index (χ1) is 7.06. The minimum absolute atomic E-state index is 0.114. The van der Waals surface area contributed by atoms with Crippen LogP contribution in [0.25, 0.3) is 0 Å². The summed E-state index contributed by atoms with van der Waals surface area (Å²) >= 11 is 3.38. The van der Waals surface area contributed by atoms with Crippen molar-refractivity contribution in [1.29, 1.82) is 0 Å². The zero-order chi connectivity index (χ0) is 11.7. The zero-order valence-corrected chi connectivity index (χ0v) is 11.8. The van der Waals surface area contributed by atoms with Gasteiger partial charge < -0.3 is 9.47 Å². The lowest BCUT2D eigenvalue weighted by atomic mass is 10.3. The largest absolute Gasteiger partial charge is 0.350 e. The maximum Gasteiger partial charge on any atom is 0.161 e. The minimum Gasteiger partial charge on any atom is -0.350 e. The Morgan fingerprint density at radius 1 is 1.00 bits per heavy atom. The quantitative estimate of drug-likeness (QED) is 0.381. The summed E-state index contributed by atoms with van der Waals surface area (Å²) in [4.78, 5) is 0. The van der Waals surface area contributed by atoms with Crippen molar-refractivity contribution >= 4 is 15.9 Å². The maximum atomic E-state index is 5.66. The highest BCUT2D eigenvalue weighted by atomic mass is 79.9. The van der Waals surface area contributed by atoms with Gasteiger partial charge in [-0.05, 0) is 34.1 Å². The number of rotatable bonds is 8. The third-order valence-corrected chi connectivity index (χ3v) is 2.08. The molecule has 0 N–H and O–H groups in total. The summed E-state index contributed by atoms with van der Waals surface area (Å²) in [5, 5.41) is 1.00. The molecule has 0 rings (SSSR count). The van der Waals surface area contributed by atoms with Crippen molar-refractivity contribution in [3.05, 3.63) is 12.2 Å². The average Bonchev–Trinajstić information content (AvgIpc) is 2.10. The van der Waals surface area contributed by atoms with Crippen LogP contribution in [0, 0.1) is 0 Å². The van der Waals surface area contributed by atoms with Gasteiger partial charge in [-0.15, -0.1) is 0 Å². The van der Waals surface area contributed by atoms with Crippen molar-refractivity contribution in [2.75, 3.05) is 5.33 Å². The van der Waals surface area contributed by atoms with E-state index in [0.29, 0.717) is 0 Å². The number of ether oxygens (including phenoxy) is 2. The van der Waals surface area contributed by atoms with E-state index in [-0.39, 0.29) is 18.5 Å². The zero-order valence-electron chi connectivity index (χ0n) is 10.2. The second kappa shape index (κ2) is 9.37. The smallest absolute Gasteiger partial charge is 0.161 e. The molecule has 3 heteroatoms. The van der Waals surface area contributed by atoms with Gasteiger partial charge in [-0.2, -0.15) is 0 Å². The van der Waals surface area contributed by atoms with Gasteiger partial charge in [0.25, 0.3) is 0 Å². The van der Waals surface area contributed by atoms with Crippen molar-refractivity contribution in [2.24, 2.45) is 0 Å². The third kappa shape index (κ3) is 10.4. The molecule has 0 aromatic heterocycles. The summed E-state index contributed by atoms with van der Waals surface area (Å²) < 4.78 is 11.3. The van der Waals surface area contributed by atoms with E-state index in [1.165, 1.54) is 0 Å². The third-order valence-electron chi connectivity index (χ3n) is 1.62. The first kappa shape index (κ1) is 15.1. The fourth-order valence-corrected chi connectivity index (χ4v) is 1.40. The van der Waals surface area contributed by atoms with Crippen molar-refractivity contribution < 1.29 is 9.47 Å². The van der Waals surface area contributed by atoms with Gasteiger partial charge in [-0.3, -0.25) is 0 Å². The van der Waals surface area contributed by atoms with E-state index in [2.05, 4.69) is 28.1 Å². The van der Waals surface area contributed by atoms with E-state index in [4.69, 9.17) is 9.47 Å². The number of allylic oxidation sites excluding steroid dienone is 1. The number of hydrogen-bond acceptors (Lipinski definition) is 2. The second-order valence-electron chi connectivity index (χ2n) is 3.98. The lowest BCUT2D eigenvalue weighted by Crippen LogP contribution is -2.23. The number of halogens is 1. The van der Waals surface area contributed by atoms with Crippen LogP contribution in [0.2, 0.25) is 0 Å². The van der Waals surface area contributed by atoms with Crippen LogP contribution in [-0.4, -0.2) is 23.8 Å². The van der Waals surface area contributed by atoms with Gasteiger partial charge in [-0.25, -0.2) is 0 Å². The lowest BCUT2D eigenvalue weighted by molar-refractivity contribution is -0.178. The molecule has 0 saturated carbocycles. The molecule has 0 heterocycles. The Balaban J connectivity index is 3.89. The molecule has 0 radical (unpaired) electrons. The van der Waals surface area contributed by atoms with Crippen LogP contribution in [0.15, 0.2) is 12.2 Å². The topological polar surface area (TPSA) is 18.5 Å². The van der Waals surface area contributed by atoms with Gasteiger partial charge >= 0.3 is 0 Å². The first-order valence-electron chi connectivity index (χ1n) is 5.58. The van der Waals surface area contributed by atoms with Crippen LogP contribution in [0.3, 0.4) is 0 Å². The van der Waals surface area contributed by atoms with E-state index < -0.39 is 0 Å². The number of hydrogen-bond donors (Lipinski definition) is 0. The summed E-state index contributed by atoms with van der Waals surface area (Å²) in [7, 11) is 0. The standard InChI is InChI=1S/C12H23BrO2/c1-10(2)14-12(15-11(3)4)8-6-5-7-9-13/h5-6,10-12H,7-9H2,1-4H3/b6-5-. The fraction of sp³-hybridized carbons (Fsp3) is 0.833. The Morgan fingerprint density at radius 2 is 1.53 bits per heavy atom. The molecule has 90 valence electrons. The Morgan fingerprint density at radius 3 is 1.93 bits per heavy atom. The molecular formula is C12H23BrO2. The number of alkyl halides is 1. The molecule has 0 bridgehead atoms. The van der Waals surface area contributed by atoms with Gasteiger partial charge in [0.1, 0.15) is 0 Å². The molecule has 0 aliphatic heterocycles. The van der Waals surface area contributed by atoms with Gasteiger partial charge in [0.05, 0.1) is 12.2 Å². The van der Waals surface area contributed by atoms with E-state index in [0.717, 1.165) is 18.2 Å². The van der Waals surface area contributed by atoms with Gasteiger partial charge in [-0.1, -0.05) is 28.1 Å². The summed E-state index contributed by atoms with van der Waals surface area (Å²) in [5.74, 6) is 0. The Bertz CT molecular complexity index is 157. The van der Waals surface area contributed by atoms with Crippen LogP contribution in [0.5, 0.6) is 0 Å². The molecule has 0 unspecified atom stereocenters. The van der Waals surface area contributed by atoms with Gasteiger partial charge in [0.2, 0.25) is 0 Å². The van der Waals surface area contributed by atoms with Crippen molar-refractivity contribution in [1.82, 2.24) is 0 Å². The Kier molecular flexibility index (Phi) is 9.46. The van der Waals surface area contributed by atoms with Crippen molar-refractivity contribution in [3.8, 4) is 0 Å². The highest BCUT2D eigenvalue weighted by Gasteiger charge is 2.11. The molecule has 0 aromatic rings. The molecule has 0 saturated heterocycles. The molecule has 2 nitrogen and oxygen atoms in total. The van der Waals surface area contributed by atoms with Gasteiger partial charge in [0.15, 0.2) is 6.29 Å². The second-order valence-corrected chi connectivity index (χ2v) is 4.78. The predicted octanol–water partition coefficient (Wildman–Crippen LogP) is 3.89. The molecule has 0 aliphatic carbocycles. The minimum atomic E-state index is -0.114. The first-order valence-corrected chi connectivity index (χ1v) is 6.70. The maximum absolute atomic E-state index is 5.66. The molecule has 0 atom stereocenters. The molecular weight excluding hydrogens is 256 g/mol. The van der Waals surface area contributed by atoms with Crippen molar-refractivity contribution in [2.45, 2.75) is 59.0 Å². The van der Waals surface area contributed by atoms with Crippen LogP contribution in [0.1, 0.15) is 40.5 Å². The molecule has 0 aliphatic rings. The molecule has 0 spiro atoms. The highest BCUT2D eigenvalue weighted by Crippen LogP contribution is 2.09. The highest BCUT2D eigenvalue weighted by molar-refractivity contribution is 9.09. The van der Waals surface area contributed by atoms with Crippen LogP contribution in [-0.2, 0) is 9.47 Å². The van der Waals surface area contributed by atoms with Crippen molar-refractivity contribution in [3.63, 3.8) is 0 Å². The van der Waals surface area contributed by atoms with E-state index in [1.54, 1.807) is 0 Å². The van der Waals surface area contributed by atoms with E-state index in [9.17, 15) is 0 Å². The van der Waals surface area contributed by atoms with E-state index >= 15 is 0 Å².